The normalized spacial score (nSPS) is 13.4. The predicted molar refractivity (Wildman–Crippen MR) is 61.4 cm³/mol. The summed E-state index contributed by atoms with van der Waals surface area (Å²) in [5, 5.41) is 0. The maximum absolute atomic E-state index is 12.1. The second kappa shape index (κ2) is 6.55. The van der Waals surface area contributed by atoms with Gasteiger partial charge in [0.05, 0.1) is 0 Å². The Bertz CT molecular complexity index is 290. The monoisotopic (exact) mass is 228 g/mol. The summed E-state index contributed by atoms with van der Waals surface area (Å²) in [5.74, 6) is 0. The fraction of sp³-hybridized carbons (Fsp3) is 0.500. The zero-order chi connectivity index (χ0) is 12.0. The topological polar surface area (TPSA) is 29.3 Å². The molecule has 16 heavy (non-hydrogen) atoms. The Morgan fingerprint density at radius 2 is 1.88 bits per heavy atom. The lowest BCUT2D eigenvalue weighted by molar-refractivity contribution is 0.121. The van der Waals surface area contributed by atoms with Crippen LogP contribution in [0.1, 0.15) is 12.0 Å². The highest BCUT2D eigenvalue weighted by Crippen LogP contribution is 2.06. The Balaban J connectivity index is 2.33. The van der Waals surface area contributed by atoms with Crippen molar-refractivity contribution in [3.8, 4) is 0 Å². The van der Waals surface area contributed by atoms with Crippen LogP contribution in [-0.4, -0.2) is 31.0 Å². The van der Waals surface area contributed by atoms with Gasteiger partial charge < -0.3 is 10.6 Å². The van der Waals surface area contributed by atoms with Crippen molar-refractivity contribution in [2.24, 2.45) is 5.73 Å². The molecule has 0 saturated heterocycles. The van der Waals surface area contributed by atoms with Crippen molar-refractivity contribution in [2.75, 3.05) is 13.6 Å². The lowest BCUT2D eigenvalue weighted by Crippen LogP contribution is -2.36. The van der Waals surface area contributed by atoms with Gasteiger partial charge in [0.2, 0.25) is 6.43 Å². The summed E-state index contributed by atoms with van der Waals surface area (Å²) in [6.45, 7) is 1.22. The van der Waals surface area contributed by atoms with Gasteiger partial charge in [-0.05, 0) is 12.6 Å². The van der Waals surface area contributed by atoms with Crippen LogP contribution >= 0.6 is 0 Å². The number of likely N-dealkylation sites (N-methyl/N-ethyl adjacent to an activating group) is 1. The average molecular weight is 228 g/mol. The third-order valence-electron chi connectivity index (χ3n) is 2.32. The lowest BCUT2D eigenvalue weighted by atomic mass is 10.2. The van der Waals surface area contributed by atoms with Crippen molar-refractivity contribution >= 4 is 0 Å². The molecule has 0 aromatic heterocycles. The molecule has 1 aromatic rings. The molecule has 2 N–H and O–H groups in total. The van der Waals surface area contributed by atoms with E-state index in [4.69, 9.17) is 5.73 Å². The van der Waals surface area contributed by atoms with E-state index in [0.717, 1.165) is 12.1 Å². The van der Waals surface area contributed by atoms with E-state index in [1.54, 1.807) is 0 Å². The van der Waals surface area contributed by atoms with Crippen LogP contribution in [-0.2, 0) is 6.54 Å². The minimum absolute atomic E-state index is 0.237. The van der Waals surface area contributed by atoms with Gasteiger partial charge in [0.25, 0.3) is 0 Å². The first-order valence-electron chi connectivity index (χ1n) is 5.34. The first kappa shape index (κ1) is 13.1. The van der Waals surface area contributed by atoms with Crippen LogP contribution in [0.4, 0.5) is 8.78 Å². The molecule has 0 bridgehead atoms. The Kier molecular flexibility index (Phi) is 5.35. The number of hydrogen-bond donors (Lipinski definition) is 1. The first-order chi connectivity index (χ1) is 7.58. The molecule has 0 fully saturated rings. The van der Waals surface area contributed by atoms with E-state index in [1.807, 2.05) is 42.3 Å². The predicted octanol–water partition coefficient (Wildman–Crippen LogP) is 2.10. The van der Waals surface area contributed by atoms with Gasteiger partial charge >= 0.3 is 0 Å². The van der Waals surface area contributed by atoms with E-state index in [0.29, 0.717) is 6.54 Å². The molecule has 1 unspecified atom stereocenters. The van der Waals surface area contributed by atoms with E-state index in [1.165, 1.54) is 0 Å². The lowest BCUT2D eigenvalue weighted by Gasteiger charge is -2.21. The van der Waals surface area contributed by atoms with Crippen LogP contribution in [0.25, 0.3) is 0 Å². The van der Waals surface area contributed by atoms with Gasteiger partial charge in [0.15, 0.2) is 0 Å². The Morgan fingerprint density at radius 1 is 1.25 bits per heavy atom. The summed E-state index contributed by atoms with van der Waals surface area (Å²) in [6.07, 6.45) is -2.56. The molecule has 90 valence electrons. The molecule has 1 rings (SSSR count). The molecule has 0 spiro atoms. The van der Waals surface area contributed by atoms with E-state index in [2.05, 4.69) is 0 Å². The molecule has 0 aliphatic carbocycles. The highest BCUT2D eigenvalue weighted by molar-refractivity contribution is 5.14. The van der Waals surface area contributed by atoms with Gasteiger partial charge in [-0.25, -0.2) is 8.78 Å². The molecule has 0 aliphatic rings. The Morgan fingerprint density at radius 3 is 2.44 bits per heavy atom. The van der Waals surface area contributed by atoms with Crippen LogP contribution in [0.3, 0.4) is 0 Å². The number of nitrogens with two attached hydrogens (primary N) is 1. The third-order valence-corrected chi connectivity index (χ3v) is 2.32. The Hall–Kier alpha value is -1.00. The summed E-state index contributed by atoms with van der Waals surface area (Å²) >= 11 is 0. The number of alkyl halides is 2. The van der Waals surface area contributed by atoms with Crippen molar-refractivity contribution in [2.45, 2.75) is 25.4 Å². The number of halogens is 2. The molecule has 4 heteroatoms. The van der Waals surface area contributed by atoms with Crippen LogP contribution < -0.4 is 5.73 Å². The van der Waals surface area contributed by atoms with Crippen LogP contribution in [0.15, 0.2) is 30.3 Å². The summed E-state index contributed by atoms with van der Waals surface area (Å²) in [4.78, 5) is 1.96. The van der Waals surface area contributed by atoms with Gasteiger partial charge in [0, 0.05) is 25.6 Å². The summed E-state index contributed by atoms with van der Waals surface area (Å²) in [5.41, 5.74) is 6.77. The first-order valence-corrected chi connectivity index (χ1v) is 5.34. The van der Waals surface area contributed by atoms with E-state index >= 15 is 0 Å². The number of rotatable bonds is 6. The SMILES string of the molecule is CN(Cc1ccccc1)CC(N)CC(F)F. The minimum Gasteiger partial charge on any atom is -0.326 e. The standard InChI is InChI=1S/C12H18F2N2/c1-16(9-11(15)7-12(13)14)8-10-5-3-2-4-6-10/h2-6,11-12H,7-9,15H2,1H3. The fourth-order valence-electron chi connectivity index (χ4n) is 1.66. The van der Waals surface area contributed by atoms with Crippen molar-refractivity contribution in [1.82, 2.24) is 4.90 Å². The van der Waals surface area contributed by atoms with E-state index < -0.39 is 12.5 Å². The zero-order valence-electron chi connectivity index (χ0n) is 9.44. The number of hydrogen-bond acceptors (Lipinski definition) is 2. The average Bonchev–Trinajstić information content (AvgIpc) is 2.17. The van der Waals surface area contributed by atoms with Gasteiger partial charge in [-0.15, -0.1) is 0 Å². The molecule has 0 saturated carbocycles. The van der Waals surface area contributed by atoms with Gasteiger partial charge in [-0.3, -0.25) is 0 Å². The van der Waals surface area contributed by atoms with Crippen molar-refractivity contribution in [1.29, 1.82) is 0 Å². The molecule has 0 aliphatic heterocycles. The molecule has 1 aromatic carbocycles. The van der Waals surface area contributed by atoms with Gasteiger partial charge in [0.1, 0.15) is 0 Å². The molecular formula is C12H18F2N2. The highest BCUT2D eigenvalue weighted by Gasteiger charge is 2.12. The van der Waals surface area contributed by atoms with E-state index in [9.17, 15) is 8.78 Å². The second-order valence-electron chi connectivity index (χ2n) is 4.07. The zero-order valence-corrected chi connectivity index (χ0v) is 9.44. The second-order valence-corrected chi connectivity index (χ2v) is 4.07. The van der Waals surface area contributed by atoms with Gasteiger partial charge in [-0.2, -0.15) is 0 Å². The van der Waals surface area contributed by atoms with Crippen LogP contribution in [0.2, 0.25) is 0 Å². The van der Waals surface area contributed by atoms with Crippen molar-refractivity contribution < 1.29 is 8.78 Å². The van der Waals surface area contributed by atoms with Gasteiger partial charge in [-0.1, -0.05) is 30.3 Å². The summed E-state index contributed by atoms with van der Waals surface area (Å²) in [6, 6.07) is 9.43. The molecule has 0 radical (unpaired) electrons. The van der Waals surface area contributed by atoms with Crippen molar-refractivity contribution in [3.63, 3.8) is 0 Å². The third kappa shape index (κ3) is 5.19. The molecular weight excluding hydrogens is 210 g/mol. The minimum atomic E-state index is -2.32. The molecule has 1 atom stereocenters. The van der Waals surface area contributed by atoms with E-state index in [-0.39, 0.29) is 6.42 Å². The van der Waals surface area contributed by atoms with Crippen LogP contribution in [0, 0.1) is 0 Å². The Labute approximate surface area is 95.1 Å². The van der Waals surface area contributed by atoms with Crippen molar-refractivity contribution in [3.05, 3.63) is 35.9 Å². The van der Waals surface area contributed by atoms with Crippen LogP contribution in [0.5, 0.6) is 0 Å². The smallest absolute Gasteiger partial charge is 0.240 e. The largest absolute Gasteiger partial charge is 0.326 e. The quantitative estimate of drug-likeness (QED) is 0.808. The summed E-state index contributed by atoms with van der Waals surface area (Å²) < 4.78 is 24.1. The number of nitrogens with zero attached hydrogens (tertiary/aromatic N) is 1. The maximum Gasteiger partial charge on any atom is 0.240 e. The molecule has 0 heterocycles. The highest BCUT2D eigenvalue weighted by atomic mass is 19.3. The maximum atomic E-state index is 12.1. The molecule has 2 nitrogen and oxygen atoms in total. The number of benzene rings is 1. The fourth-order valence-corrected chi connectivity index (χ4v) is 1.66. The summed E-state index contributed by atoms with van der Waals surface area (Å²) in [7, 11) is 1.89. The molecule has 0 amide bonds.